The second-order valence-electron chi connectivity index (χ2n) is 8.77. The van der Waals surface area contributed by atoms with Gasteiger partial charge in [-0.25, -0.2) is 0 Å². The van der Waals surface area contributed by atoms with Crippen LogP contribution in [0.4, 0.5) is 0 Å². The van der Waals surface area contributed by atoms with E-state index in [1.54, 1.807) is 0 Å². The molecule has 0 rings (SSSR count). The predicted octanol–water partition coefficient (Wildman–Crippen LogP) is 7.98. The molecule has 0 aliphatic heterocycles. The highest BCUT2D eigenvalue weighted by atomic mass is 16.3. The Morgan fingerprint density at radius 3 is 1.19 bits per heavy atom. The van der Waals surface area contributed by atoms with Crippen molar-refractivity contribution in [2.45, 2.75) is 143 Å². The van der Waals surface area contributed by atoms with Crippen LogP contribution in [0.25, 0.3) is 0 Å². The van der Waals surface area contributed by atoms with Crippen molar-refractivity contribution in [3.05, 3.63) is 0 Å². The zero-order valence-electron chi connectivity index (χ0n) is 19.3. The fourth-order valence-electron chi connectivity index (χ4n) is 4.41. The maximum absolute atomic E-state index is 8.63. The van der Waals surface area contributed by atoms with Crippen molar-refractivity contribution in [3.63, 3.8) is 0 Å². The van der Waals surface area contributed by atoms with Crippen molar-refractivity contribution in [2.24, 2.45) is 5.41 Å². The highest BCUT2D eigenvalue weighted by Crippen LogP contribution is 2.36. The number of hydrogen-bond donors (Lipinski definition) is 2. The fraction of sp³-hybridized carbons (Fsp3) is 1.00. The average Bonchev–Trinajstić information content (AvgIpc) is 2.70. The molecular weight excluding hydrogens is 330 g/mol. The van der Waals surface area contributed by atoms with Gasteiger partial charge in [-0.15, -0.1) is 0 Å². The van der Waals surface area contributed by atoms with Gasteiger partial charge in [0.05, 0.1) is 6.73 Å². The molecule has 0 bridgehead atoms. The van der Waals surface area contributed by atoms with Gasteiger partial charge in [-0.05, 0) is 24.8 Å². The molecule has 2 N–H and O–H groups in total. The Kier molecular flexibility index (Phi) is 20.6. The third-order valence-electron chi connectivity index (χ3n) is 6.92. The molecule has 2 heteroatoms. The number of rotatable bonds is 22. The summed E-state index contributed by atoms with van der Waals surface area (Å²) in [4.78, 5) is 0. The summed E-state index contributed by atoms with van der Waals surface area (Å²) in [7, 11) is 0. The molecule has 0 aromatic rings. The molecule has 0 radical (unpaired) electrons. The number of hydrogen-bond acceptors (Lipinski definition) is 2. The molecular formula is C25H53NO. The van der Waals surface area contributed by atoms with E-state index in [9.17, 15) is 0 Å². The second kappa shape index (κ2) is 20.6. The first-order valence-electron chi connectivity index (χ1n) is 12.6. The first-order valence-corrected chi connectivity index (χ1v) is 12.6. The lowest BCUT2D eigenvalue weighted by Gasteiger charge is -2.30. The molecule has 0 aliphatic carbocycles. The van der Waals surface area contributed by atoms with Crippen LogP contribution in [0, 0.1) is 5.41 Å². The minimum Gasteiger partial charge on any atom is -0.381 e. The van der Waals surface area contributed by atoms with E-state index >= 15 is 0 Å². The molecule has 0 aromatic carbocycles. The monoisotopic (exact) mass is 383 g/mol. The number of unbranched alkanes of at least 4 members (excludes halogenated alkanes) is 14. The van der Waals surface area contributed by atoms with Gasteiger partial charge in [0.15, 0.2) is 0 Å². The molecule has 0 amide bonds. The Morgan fingerprint density at radius 2 is 0.852 bits per heavy atom. The molecule has 2 nitrogen and oxygen atoms in total. The van der Waals surface area contributed by atoms with Crippen LogP contribution in [0.2, 0.25) is 0 Å². The summed E-state index contributed by atoms with van der Waals surface area (Å²) in [6.07, 6.45) is 26.8. The third kappa shape index (κ3) is 16.6. The van der Waals surface area contributed by atoms with E-state index in [1.807, 2.05) is 0 Å². The first-order chi connectivity index (χ1) is 13.2. The number of aliphatic hydroxyl groups is 1. The smallest absolute Gasteiger partial charge is 0.0931 e. The molecule has 0 spiro atoms. The van der Waals surface area contributed by atoms with Crippen LogP contribution in [-0.4, -0.2) is 18.4 Å². The summed E-state index contributed by atoms with van der Waals surface area (Å²) in [5.41, 5.74) is 0.650. The lowest BCUT2D eigenvalue weighted by molar-refractivity contribution is 0.220. The molecule has 0 atom stereocenters. The maximum Gasteiger partial charge on any atom is 0.0931 e. The molecule has 0 aromatic heterocycles. The molecule has 0 fully saturated rings. The molecule has 0 heterocycles. The van der Waals surface area contributed by atoms with Gasteiger partial charge < -0.3 is 5.11 Å². The minimum absolute atomic E-state index is 0.123. The summed E-state index contributed by atoms with van der Waals surface area (Å²) in [5.74, 6) is 0. The van der Waals surface area contributed by atoms with Gasteiger partial charge in [0.25, 0.3) is 0 Å². The molecule has 0 saturated carbocycles. The quantitative estimate of drug-likeness (QED) is 0.147. The van der Waals surface area contributed by atoms with E-state index in [4.69, 9.17) is 5.11 Å². The summed E-state index contributed by atoms with van der Waals surface area (Å²) < 4.78 is 0. The molecule has 164 valence electrons. The lowest BCUT2D eigenvalue weighted by atomic mass is 9.75. The zero-order chi connectivity index (χ0) is 20.1. The van der Waals surface area contributed by atoms with Gasteiger partial charge in [0, 0.05) is 0 Å². The van der Waals surface area contributed by atoms with E-state index in [0.29, 0.717) is 5.41 Å². The summed E-state index contributed by atoms with van der Waals surface area (Å²) in [6.45, 7) is 8.23. The minimum atomic E-state index is 0.123. The van der Waals surface area contributed by atoms with Crippen molar-refractivity contribution in [2.75, 3.05) is 13.3 Å². The van der Waals surface area contributed by atoms with Crippen LogP contribution < -0.4 is 5.32 Å². The number of nitrogens with one attached hydrogen (secondary N) is 1. The molecule has 0 unspecified atom stereocenters. The van der Waals surface area contributed by atoms with E-state index in [0.717, 1.165) is 6.54 Å². The van der Waals surface area contributed by atoms with E-state index in [2.05, 4.69) is 26.1 Å². The summed E-state index contributed by atoms with van der Waals surface area (Å²) in [5, 5.41) is 11.6. The molecule has 0 saturated heterocycles. The Balaban J connectivity index is 3.19. The van der Waals surface area contributed by atoms with Gasteiger partial charge in [0.1, 0.15) is 0 Å². The highest BCUT2D eigenvalue weighted by Gasteiger charge is 2.22. The van der Waals surface area contributed by atoms with Gasteiger partial charge in [-0.3, -0.25) is 5.32 Å². The van der Waals surface area contributed by atoms with Gasteiger partial charge >= 0.3 is 0 Å². The SMILES string of the molecule is CCC(CC)(CC)CCCCCCCCCCCCCCCCCNCO. The van der Waals surface area contributed by atoms with Gasteiger partial charge in [-0.2, -0.15) is 0 Å². The normalized spacial score (nSPS) is 12.0. The van der Waals surface area contributed by atoms with Gasteiger partial charge in [0.2, 0.25) is 0 Å². The largest absolute Gasteiger partial charge is 0.381 e. The topological polar surface area (TPSA) is 32.3 Å². The third-order valence-corrected chi connectivity index (χ3v) is 6.92. The lowest BCUT2D eigenvalue weighted by Crippen LogP contribution is -2.17. The van der Waals surface area contributed by atoms with Crippen molar-refractivity contribution >= 4 is 0 Å². The Bertz CT molecular complexity index is 267. The van der Waals surface area contributed by atoms with E-state index in [1.165, 1.54) is 122 Å². The van der Waals surface area contributed by atoms with E-state index in [-0.39, 0.29) is 6.73 Å². The second-order valence-corrected chi connectivity index (χ2v) is 8.77. The summed E-state index contributed by atoms with van der Waals surface area (Å²) >= 11 is 0. The first kappa shape index (κ1) is 26.9. The van der Waals surface area contributed by atoms with Crippen LogP contribution in [0.1, 0.15) is 143 Å². The Hall–Kier alpha value is -0.0800. The van der Waals surface area contributed by atoms with Crippen molar-refractivity contribution < 1.29 is 5.11 Å². The van der Waals surface area contributed by atoms with Crippen molar-refractivity contribution in [1.29, 1.82) is 0 Å². The summed E-state index contributed by atoms with van der Waals surface area (Å²) in [6, 6.07) is 0. The zero-order valence-corrected chi connectivity index (χ0v) is 19.3. The Labute approximate surface area is 172 Å². The van der Waals surface area contributed by atoms with Crippen molar-refractivity contribution in [1.82, 2.24) is 5.32 Å². The Morgan fingerprint density at radius 1 is 0.519 bits per heavy atom. The number of aliphatic hydroxyl groups excluding tert-OH is 1. The van der Waals surface area contributed by atoms with Crippen LogP contribution in [-0.2, 0) is 0 Å². The predicted molar refractivity (Wildman–Crippen MR) is 122 cm³/mol. The fourth-order valence-corrected chi connectivity index (χ4v) is 4.41. The average molecular weight is 384 g/mol. The highest BCUT2D eigenvalue weighted by molar-refractivity contribution is 4.74. The standard InChI is InChI=1S/C25H53NO/c1-4-25(5-2,6-3)22-20-18-16-14-12-10-8-7-9-11-13-15-17-19-21-23-26-24-27/h26-27H,4-24H2,1-3H3. The molecule has 27 heavy (non-hydrogen) atoms. The van der Waals surface area contributed by atoms with Gasteiger partial charge in [-0.1, -0.05) is 130 Å². The van der Waals surface area contributed by atoms with Crippen LogP contribution in [0.15, 0.2) is 0 Å². The van der Waals surface area contributed by atoms with Crippen LogP contribution >= 0.6 is 0 Å². The maximum atomic E-state index is 8.63. The van der Waals surface area contributed by atoms with Crippen LogP contribution in [0.3, 0.4) is 0 Å². The van der Waals surface area contributed by atoms with E-state index < -0.39 is 0 Å². The molecule has 0 aliphatic rings. The van der Waals surface area contributed by atoms with Crippen molar-refractivity contribution in [3.8, 4) is 0 Å². The van der Waals surface area contributed by atoms with Crippen LogP contribution in [0.5, 0.6) is 0 Å².